The van der Waals surface area contributed by atoms with Gasteiger partial charge in [0.15, 0.2) is 0 Å². The number of hydrogen-bond acceptors (Lipinski definition) is 3. The fourth-order valence-corrected chi connectivity index (χ4v) is 2.31. The molecule has 0 bridgehead atoms. The molecule has 0 aliphatic heterocycles. The van der Waals surface area contributed by atoms with Crippen LogP contribution in [0.15, 0.2) is 53.0 Å². The summed E-state index contributed by atoms with van der Waals surface area (Å²) in [6.07, 6.45) is 0. The van der Waals surface area contributed by atoms with E-state index in [-0.39, 0.29) is 12.5 Å². The molecule has 0 aliphatic carbocycles. The molecule has 110 valence electrons. The van der Waals surface area contributed by atoms with Gasteiger partial charge in [0.25, 0.3) is 0 Å². The van der Waals surface area contributed by atoms with Crippen molar-refractivity contribution in [1.82, 2.24) is 5.32 Å². The minimum absolute atomic E-state index is 0.0725. The number of nitrogens with one attached hydrogen (secondary N) is 2. The van der Waals surface area contributed by atoms with E-state index in [1.807, 2.05) is 48.5 Å². The third-order valence-corrected chi connectivity index (χ3v) is 3.67. The summed E-state index contributed by atoms with van der Waals surface area (Å²) in [4.78, 5) is 11.9. The summed E-state index contributed by atoms with van der Waals surface area (Å²) in [5.74, 6) is 0.702. The lowest BCUT2D eigenvalue weighted by molar-refractivity contribution is -0.119. The third kappa shape index (κ3) is 4.49. The lowest BCUT2D eigenvalue weighted by Crippen LogP contribution is -2.29. The molecule has 2 aromatic carbocycles. The van der Waals surface area contributed by atoms with E-state index in [9.17, 15) is 4.79 Å². The van der Waals surface area contributed by atoms with E-state index in [1.165, 1.54) is 0 Å². The molecule has 2 aromatic rings. The standard InChI is InChI=1S/C16H17BrN2O2/c1-21-15-9-5-2-6-12(15)10-19-16(20)11-18-14-8-4-3-7-13(14)17/h2-9,18H,10-11H2,1H3,(H,19,20). The molecule has 0 saturated carbocycles. The smallest absolute Gasteiger partial charge is 0.239 e. The fourth-order valence-electron chi connectivity index (χ4n) is 1.89. The minimum atomic E-state index is -0.0725. The zero-order valence-corrected chi connectivity index (χ0v) is 13.3. The highest BCUT2D eigenvalue weighted by atomic mass is 79.9. The summed E-state index contributed by atoms with van der Waals surface area (Å²) >= 11 is 3.43. The molecule has 2 rings (SSSR count). The lowest BCUT2D eigenvalue weighted by atomic mass is 10.2. The first kappa shape index (κ1) is 15.4. The first-order valence-corrected chi connectivity index (χ1v) is 7.37. The Morgan fingerprint density at radius 3 is 2.62 bits per heavy atom. The maximum atomic E-state index is 11.9. The van der Waals surface area contributed by atoms with Gasteiger partial charge in [0.1, 0.15) is 5.75 Å². The molecule has 4 nitrogen and oxygen atoms in total. The second-order valence-electron chi connectivity index (χ2n) is 4.42. The number of ether oxygens (including phenoxy) is 1. The van der Waals surface area contributed by atoms with Crippen molar-refractivity contribution in [2.24, 2.45) is 0 Å². The van der Waals surface area contributed by atoms with Crippen LogP contribution >= 0.6 is 15.9 Å². The largest absolute Gasteiger partial charge is 0.496 e. The minimum Gasteiger partial charge on any atom is -0.496 e. The highest BCUT2D eigenvalue weighted by Crippen LogP contribution is 2.20. The first-order valence-electron chi connectivity index (χ1n) is 6.57. The highest BCUT2D eigenvalue weighted by Gasteiger charge is 2.05. The zero-order chi connectivity index (χ0) is 15.1. The van der Waals surface area contributed by atoms with Crippen molar-refractivity contribution in [3.63, 3.8) is 0 Å². The molecule has 0 atom stereocenters. The quantitative estimate of drug-likeness (QED) is 0.842. The molecule has 0 fully saturated rings. The van der Waals surface area contributed by atoms with Crippen LogP contribution < -0.4 is 15.4 Å². The Hall–Kier alpha value is -2.01. The van der Waals surface area contributed by atoms with E-state index in [4.69, 9.17) is 4.74 Å². The molecule has 0 aliphatic rings. The second-order valence-corrected chi connectivity index (χ2v) is 5.28. The van der Waals surface area contributed by atoms with E-state index in [0.717, 1.165) is 21.5 Å². The van der Waals surface area contributed by atoms with Crippen LogP contribution in [0.1, 0.15) is 5.56 Å². The number of carbonyl (C=O) groups is 1. The van der Waals surface area contributed by atoms with Crippen LogP contribution in [0.3, 0.4) is 0 Å². The van der Waals surface area contributed by atoms with E-state index in [0.29, 0.717) is 6.54 Å². The molecule has 21 heavy (non-hydrogen) atoms. The van der Waals surface area contributed by atoms with Crippen LogP contribution in [-0.4, -0.2) is 19.6 Å². The van der Waals surface area contributed by atoms with Crippen molar-refractivity contribution in [1.29, 1.82) is 0 Å². The molecule has 0 unspecified atom stereocenters. The average Bonchev–Trinajstić information content (AvgIpc) is 2.52. The number of hydrogen-bond donors (Lipinski definition) is 2. The van der Waals surface area contributed by atoms with Crippen molar-refractivity contribution >= 4 is 27.5 Å². The molecule has 2 N–H and O–H groups in total. The summed E-state index contributed by atoms with van der Waals surface area (Å²) in [5.41, 5.74) is 1.85. The van der Waals surface area contributed by atoms with Gasteiger partial charge in [-0.3, -0.25) is 4.79 Å². The molecule has 1 amide bonds. The Labute approximate surface area is 132 Å². The van der Waals surface area contributed by atoms with E-state index in [1.54, 1.807) is 7.11 Å². The maximum absolute atomic E-state index is 11.9. The van der Waals surface area contributed by atoms with Crippen molar-refractivity contribution < 1.29 is 9.53 Å². The van der Waals surface area contributed by atoms with Crippen LogP contribution in [0.5, 0.6) is 5.75 Å². The van der Waals surface area contributed by atoms with Crippen molar-refractivity contribution in [3.8, 4) is 5.75 Å². The Balaban J connectivity index is 1.84. The van der Waals surface area contributed by atoms with E-state index < -0.39 is 0 Å². The summed E-state index contributed by atoms with van der Waals surface area (Å²) in [6, 6.07) is 15.3. The molecule has 0 heterocycles. The average molecular weight is 349 g/mol. The number of carbonyl (C=O) groups excluding carboxylic acids is 1. The summed E-state index contributed by atoms with van der Waals surface area (Å²) < 4.78 is 6.18. The van der Waals surface area contributed by atoms with Crippen LogP contribution in [0.2, 0.25) is 0 Å². The lowest BCUT2D eigenvalue weighted by Gasteiger charge is -2.11. The number of rotatable bonds is 6. The van der Waals surface area contributed by atoms with Gasteiger partial charge in [-0.05, 0) is 34.1 Å². The zero-order valence-electron chi connectivity index (χ0n) is 11.7. The molecular weight excluding hydrogens is 332 g/mol. The molecule has 0 radical (unpaired) electrons. The predicted molar refractivity (Wildman–Crippen MR) is 87.5 cm³/mol. The van der Waals surface area contributed by atoms with E-state index in [2.05, 4.69) is 26.6 Å². The molecule has 5 heteroatoms. The van der Waals surface area contributed by atoms with Gasteiger partial charge in [-0.1, -0.05) is 30.3 Å². The van der Waals surface area contributed by atoms with Gasteiger partial charge in [0, 0.05) is 22.3 Å². The predicted octanol–water partition coefficient (Wildman–Crippen LogP) is 3.19. The Morgan fingerprint density at radius 1 is 1.14 bits per heavy atom. The van der Waals surface area contributed by atoms with Crippen molar-refractivity contribution in [2.45, 2.75) is 6.54 Å². The number of benzene rings is 2. The van der Waals surface area contributed by atoms with Crippen LogP contribution in [0.25, 0.3) is 0 Å². The maximum Gasteiger partial charge on any atom is 0.239 e. The highest BCUT2D eigenvalue weighted by molar-refractivity contribution is 9.10. The van der Waals surface area contributed by atoms with Gasteiger partial charge in [0.05, 0.1) is 13.7 Å². The van der Waals surface area contributed by atoms with E-state index >= 15 is 0 Å². The van der Waals surface area contributed by atoms with Gasteiger partial charge in [-0.15, -0.1) is 0 Å². The fraction of sp³-hybridized carbons (Fsp3) is 0.188. The second kappa shape index (κ2) is 7.69. The van der Waals surface area contributed by atoms with Crippen LogP contribution in [0, 0.1) is 0 Å². The molecular formula is C16H17BrN2O2. The topological polar surface area (TPSA) is 50.4 Å². The molecule has 0 spiro atoms. The Bertz CT molecular complexity index is 617. The number of amides is 1. The van der Waals surface area contributed by atoms with Gasteiger partial charge in [-0.25, -0.2) is 0 Å². The SMILES string of the molecule is COc1ccccc1CNC(=O)CNc1ccccc1Br. The number of halogens is 1. The Kier molecular flexibility index (Phi) is 5.63. The van der Waals surface area contributed by atoms with Crippen molar-refractivity contribution in [2.75, 3.05) is 19.0 Å². The first-order chi connectivity index (χ1) is 10.2. The van der Waals surface area contributed by atoms with Crippen molar-refractivity contribution in [3.05, 3.63) is 58.6 Å². The van der Waals surface area contributed by atoms with Gasteiger partial charge in [-0.2, -0.15) is 0 Å². The van der Waals surface area contributed by atoms with Crippen LogP contribution in [-0.2, 0) is 11.3 Å². The third-order valence-electron chi connectivity index (χ3n) is 2.98. The molecule has 0 saturated heterocycles. The van der Waals surface area contributed by atoms with Gasteiger partial charge >= 0.3 is 0 Å². The summed E-state index contributed by atoms with van der Waals surface area (Å²) in [5, 5.41) is 5.95. The number of anilines is 1. The number of methoxy groups -OCH3 is 1. The normalized spacial score (nSPS) is 10.0. The van der Waals surface area contributed by atoms with Crippen LogP contribution in [0.4, 0.5) is 5.69 Å². The monoisotopic (exact) mass is 348 g/mol. The van der Waals surface area contributed by atoms with Gasteiger partial charge in [0.2, 0.25) is 5.91 Å². The molecule has 0 aromatic heterocycles. The number of para-hydroxylation sites is 2. The summed E-state index contributed by atoms with van der Waals surface area (Å²) in [7, 11) is 1.62. The van der Waals surface area contributed by atoms with Gasteiger partial charge < -0.3 is 15.4 Å². The summed E-state index contributed by atoms with van der Waals surface area (Å²) in [6.45, 7) is 0.665. The Morgan fingerprint density at radius 2 is 1.86 bits per heavy atom.